The monoisotopic (exact) mass is 407 g/mol. The molecule has 2 N–H and O–H groups in total. The second-order valence-electron chi connectivity index (χ2n) is 6.25. The van der Waals surface area contributed by atoms with E-state index < -0.39 is 52.5 Å². The number of carbonyl (C=O) groups is 3. The summed E-state index contributed by atoms with van der Waals surface area (Å²) < 4.78 is 23.5. The average molecular weight is 407 g/mol. The number of anilines is 1. The van der Waals surface area contributed by atoms with Gasteiger partial charge in [-0.1, -0.05) is 13.8 Å². The fraction of sp³-hybridized carbons (Fsp3) is 0.278. The van der Waals surface area contributed by atoms with Gasteiger partial charge in [0, 0.05) is 12.1 Å². The topological polar surface area (TPSA) is 141 Å². The molecule has 0 spiro atoms. The van der Waals surface area contributed by atoms with E-state index in [0.717, 1.165) is 18.2 Å². The van der Waals surface area contributed by atoms with Crippen molar-refractivity contribution in [3.63, 3.8) is 0 Å². The van der Waals surface area contributed by atoms with Crippen LogP contribution in [0.1, 0.15) is 24.4 Å². The van der Waals surface area contributed by atoms with Gasteiger partial charge in [-0.2, -0.15) is 0 Å². The third kappa shape index (κ3) is 5.86. The molecule has 1 heterocycles. The summed E-state index contributed by atoms with van der Waals surface area (Å²) in [5.74, 6) is -3.66. The summed E-state index contributed by atoms with van der Waals surface area (Å²) in [5.41, 5.74) is -0.842. The summed E-state index contributed by atoms with van der Waals surface area (Å²) in [5, 5.41) is 15.3. The van der Waals surface area contributed by atoms with E-state index in [1.165, 1.54) is 18.4 Å². The van der Waals surface area contributed by atoms with Crippen LogP contribution in [0.3, 0.4) is 0 Å². The zero-order chi connectivity index (χ0) is 21.6. The van der Waals surface area contributed by atoms with Crippen LogP contribution in [-0.2, 0) is 14.3 Å². The molecule has 0 saturated heterocycles. The maximum absolute atomic E-state index is 13.7. The molecule has 0 bridgehead atoms. The van der Waals surface area contributed by atoms with E-state index in [-0.39, 0.29) is 11.7 Å². The molecule has 0 saturated carbocycles. The van der Waals surface area contributed by atoms with E-state index in [2.05, 4.69) is 10.6 Å². The van der Waals surface area contributed by atoms with Crippen molar-refractivity contribution < 1.29 is 32.9 Å². The molecule has 2 aromatic rings. The quantitative estimate of drug-likeness (QED) is 0.388. The summed E-state index contributed by atoms with van der Waals surface area (Å²) in [4.78, 5) is 46.2. The summed E-state index contributed by atoms with van der Waals surface area (Å²) in [6.45, 7) is 2.54. The number of hydrogen-bond donors (Lipinski definition) is 2. The van der Waals surface area contributed by atoms with Crippen LogP contribution in [0, 0.1) is 21.8 Å². The molecule has 1 aromatic heterocycles. The molecule has 11 heteroatoms. The third-order valence-electron chi connectivity index (χ3n) is 3.73. The Morgan fingerprint density at radius 2 is 2.00 bits per heavy atom. The Bertz CT molecular complexity index is 912. The Morgan fingerprint density at radius 1 is 1.28 bits per heavy atom. The Labute approximate surface area is 164 Å². The van der Waals surface area contributed by atoms with E-state index in [9.17, 15) is 28.9 Å². The minimum atomic E-state index is -1.06. The molecule has 154 valence electrons. The number of nitrogens with zero attached hydrogens (tertiary/aromatic N) is 1. The van der Waals surface area contributed by atoms with Crippen LogP contribution < -0.4 is 10.6 Å². The number of amides is 2. The molecule has 1 unspecified atom stereocenters. The fourth-order valence-electron chi connectivity index (χ4n) is 2.25. The number of nitro benzene ring substituents is 1. The number of furan rings is 1. The van der Waals surface area contributed by atoms with Crippen molar-refractivity contribution in [2.45, 2.75) is 19.9 Å². The molecule has 10 nitrogen and oxygen atoms in total. The minimum absolute atomic E-state index is 0.00217. The van der Waals surface area contributed by atoms with Gasteiger partial charge < -0.3 is 19.8 Å². The number of nitrogens with one attached hydrogen (secondary N) is 2. The van der Waals surface area contributed by atoms with Crippen LogP contribution in [-0.4, -0.2) is 35.4 Å². The summed E-state index contributed by atoms with van der Waals surface area (Å²) in [6, 6.07) is 4.48. The van der Waals surface area contributed by atoms with Gasteiger partial charge >= 0.3 is 5.97 Å². The molecule has 0 aliphatic rings. The van der Waals surface area contributed by atoms with Crippen molar-refractivity contribution in [2.24, 2.45) is 5.92 Å². The number of benzene rings is 1. The molecule has 0 aliphatic heterocycles. The van der Waals surface area contributed by atoms with Crippen molar-refractivity contribution in [3.8, 4) is 0 Å². The number of carbonyl (C=O) groups excluding carboxylic acids is 3. The van der Waals surface area contributed by atoms with Crippen LogP contribution in [0.5, 0.6) is 0 Å². The zero-order valence-electron chi connectivity index (χ0n) is 15.5. The van der Waals surface area contributed by atoms with Gasteiger partial charge in [-0.25, -0.2) is 9.18 Å². The second-order valence-corrected chi connectivity index (χ2v) is 6.25. The SMILES string of the molecule is CC(C)C(NC(=O)c1ccco1)C(=O)OCC(=O)Nc1cc([N+](=O)[O-])ccc1F. The van der Waals surface area contributed by atoms with Gasteiger partial charge in [0.1, 0.15) is 11.9 Å². The standard InChI is InChI=1S/C18H18FN3O7/c1-10(2)16(21-17(24)14-4-3-7-28-14)18(25)29-9-15(23)20-13-8-11(22(26)27)5-6-12(13)19/h3-8,10,16H,9H2,1-2H3,(H,20,23)(H,21,24). The highest BCUT2D eigenvalue weighted by Gasteiger charge is 2.27. The van der Waals surface area contributed by atoms with Crippen molar-refractivity contribution in [1.82, 2.24) is 5.32 Å². The van der Waals surface area contributed by atoms with E-state index in [1.54, 1.807) is 13.8 Å². The smallest absolute Gasteiger partial charge is 0.329 e. The van der Waals surface area contributed by atoms with Crippen LogP contribution >= 0.6 is 0 Å². The predicted octanol–water partition coefficient (Wildman–Crippen LogP) is 2.26. The van der Waals surface area contributed by atoms with Crippen molar-refractivity contribution >= 4 is 29.2 Å². The van der Waals surface area contributed by atoms with Crippen LogP contribution in [0.15, 0.2) is 41.0 Å². The molecule has 0 fully saturated rings. The third-order valence-corrected chi connectivity index (χ3v) is 3.73. The lowest BCUT2D eigenvalue weighted by molar-refractivity contribution is -0.384. The summed E-state index contributed by atoms with van der Waals surface area (Å²) >= 11 is 0. The summed E-state index contributed by atoms with van der Waals surface area (Å²) in [6.07, 6.45) is 1.30. The normalized spacial score (nSPS) is 11.6. The van der Waals surface area contributed by atoms with E-state index in [0.29, 0.717) is 0 Å². The highest BCUT2D eigenvalue weighted by atomic mass is 19.1. The molecule has 0 aliphatic carbocycles. The Kier molecular flexibility index (Phi) is 7.01. The molecule has 0 radical (unpaired) electrons. The number of hydrogen-bond acceptors (Lipinski definition) is 7. The highest BCUT2D eigenvalue weighted by Crippen LogP contribution is 2.21. The predicted molar refractivity (Wildman–Crippen MR) is 97.4 cm³/mol. The molecular weight excluding hydrogens is 389 g/mol. The van der Waals surface area contributed by atoms with Gasteiger partial charge in [0.15, 0.2) is 12.4 Å². The van der Waals surface area contributed by atoms with Crippen LogP contribution in [0.2, 0.25) is 0 Å². The number of rotatable bonds is 8. The van der Waals surface area contributed by atoms with Gasteiger partial charge in [0.05, 0.1) is 16.9 Å². The van der Waals surface area contributed by atoms with Crippen molar-refractivity contribution in [3.05, 3.63) is 58.3 Å². The molecule has 2 rings (SSSR count). The lowest BCUT2D eigenvalue weighted by Crippen LogP contribution is -2.45. The van der Waals surface area contributed by atoms with Crippen LogP contribution in [0.4, 0.5) is 15.8 Å². The molecule has 1 aromatic carbocycles. The molecule has 2 amide bonds. The first-order chi connectivity index (χ1) is 13.7. The van der Waals surface area contributed by atoms with Gasteiger partial charge in [-0.05, 0) is 24.1 Å². The first-order valence-electron chi connectivity index (χ1n) is 8.44. The number of non-ortho nitro benzene ring substituents is 1. The van der Waals surface area contributed by atoms with Crippen LogP contribution in [0.25, 0.3) is 0 Å². The number of ether oxygens (including phenoxy) is 1. The van der Waals surface area contributed by atoms with Gasteiger partial charge in [0.25, 0.3) is 17.5 Å². The zero-order valence-corrected chi connectivity index (χ0v) is 15.5. The Balaban J connectivity index is 1.95. The lowest BCUT2D eigenvalue weighted by atomic mass is 10.0. The maximum Gasteiger partial charge on any atom is 0.329 e. The Morgan fingerprint density at radius 3 is 2.59 bits per heavy atom. The maximum atomic E-state index is 13.7. The first-order valence-corrected chi connectivity index (χ1v) is 8.44. The molecule has 29 heavy (non-hydrogen) atoms. The van der Waals surface area contributed by atoms with E-state index in [1.807, 2.05) is 0 Å². The molecule has 1 atom stereocenters. The van der Waals surface area contributed by atoms with Gasteiger partial charge in [-0.3, -0.25) is 19.7 Å². The summed E-state index contributed by atoms with van der Waals surface area (Å²) in [7, 11) is 0. The van der Waals surface area contributed by atoms with Gasteiger partial charge in [-0.15, -0.1) is 0 Å². The second kappa shape index (κ2) is 9.44. The fourth-order valence-corrected chi connectivity index (χ4v) is 2.25. The number of nitro groups is 1. The van der Waals surface area contributed by atoms with Crippen molar-refractivity contribution in [1.29, 1.82) is 0 Å². The Hall–Kier alpha value is -3.76. The minimum Gasteiger partial charge on any atom is -0.459 e. The largest absolute Gasteiger partial charge is 0.459 e. The number of halogens is 1. The van der Waals surface area contributed by atoms with Gasteiger partial charge in [0.2, 0.25) is 0 Å². The average Bonchev–Trinajstić information content (AvgIpc) is 3.20. The molecular formula is C18H18FN3O7. The van der Waals surface area contributed by atoms with E-state index in [4.69, 9.17) is 9.15 Å². The highest BCUT2D eigenvalue weighted by molar-refractivity contribution is 5.96. The lowest BCUT2D eigenvalue weighted by Gasteiger charge is -2.20. The first kappa shape index (κ1) is 21.5. The van der Waals surface area contributed by atoms with Crippen molar-refractivity contribution in [2.75, 3.05) is 11.9 Å². The van der Waals surface area contributed by atoms with E-state index >= 15 is 0 Å². The number of esters is 1.